The van der Waals surface area contributed by atoms with E-state index in [4.69, 9.17) is 26.8 Å². The van der Waals surface area contributed by atoms with E-state index in [9.17, 15) is 0 Å². The third kappa shape index (κ3) is 13.0. The zero-order chi connectivity index (χ0) is 20.3. The van der Waals surface area contributed by atoms with Crippen molar-refractivity contribution in [3.05, 3.63) is 48.5 Å². The fourth-order valence-electron chi connectivity index (χ4n) is 1.90. The van der Waals surface area contributed by atoms with Gasteiger partial charge in [0.15, 0.2) is 5.11 Å². The molecule has 0 aliphatic heterocycles. The van der Waals surface area contributed by atoms with Crippen LogP contribution in [0.4, 0.5) is 11.4 Å². The van der Waals surface area contributed by atoms with Crippen LogP contribution in [0.3, 0.4) is 0 Å². The molecule has 0 bridgehead atoms. The van der Waals surface area contributed by atoms with Crippen molar-refractivity contribution < 1.29 is 45.6 Å². The summed E-state index contributed by atoms with van der Waals surface area (Å²) >= 11 is 5.30. The van der Waals surface area contributed by atoms with Gasteiger partial charge < -0.3 is 26.6 Å². The minimum absolute atomic E-state index is 0. The van der Waals surface area contributed by atoms with Crippen LogP contribution in [0.25, 0.3) is 0 Å². The van der Waals surface area contributed by atoms with Gasteiger partial charge in [-0.2, -0.15) is 0 Å². The van der Waals surface area contributed by atoms with E-state index in [0.29, 0.717) is 18.3 Å². The number of rotatable bonds is 6. The van der Waals surface area contributed by atoms with Crippen LogP contribution in [0.2, 0.25) is 0 Å². The van der Waals surface area contributed by atoms with E-state index < -0.39 is 5.60 Å². The van der Waals surface area contributed by atoms with Crippen molar-refractivity contribution in [1.82, 2.24) is 0 Å². The minimum Gasteiger partial charge on any atom is -1.00 e. The molecule has 0 aliphatic carbocycles. The molecule has 7 heteroatoms. The van der Waals surface area contributed by atoms with Gasteiger partial charge in [0.25, 0.3) is 0 Å². The fraction of sp³-hybridized carbons (Fsp3) is 0.381. The van der Waals surface area contributed by atoms with Crippen molar-refractivity contribution in [3.63, 3.8) is 0 Å². The molecule has 0 saturated carbocycles. The van der Waals surface area contributed by atoms with Gasteiger partial charge in [0, 0.05) is 11.4 Å². The minimum atomic E-state index is -0.500. The Morgan fingerprint density at radius 1 is 0.857 bits per heavy atom. The van der Waals surface area contributed by atoms with E-state index in [1.807, 2.05) is 62.4 Å². The van der Waals surface area contributed by atoms with Crippen LogP contribution < -0.4 is 49.7 Å². The van der Waals surface area contributed by atoms with Gasteiger partial charge in [-0.1, -0.05) is 0 Å². The van der Waals surface area contributed by atoms with Crippen LogP contribution in [0.5, 0.6) is 11.5 Å². The number of anilines is 2. The Labute approximate surface area is 197 Å². The summed E-state index contributed by atoms with van der Waals surface area (Å²) in [5, 5.41) is 15.3. The molecule has 0 spiro atoms. The van der Waals surface area contributed by atoms with Crippen molar-refractivity contribution in [1.29, 1.82) is 0 Å². The molecular formula is C21H31N2NaO3S. The molecule has 0 fully saturated rings. The summed E-state index contributed by atoms with van der Waals surface area (Å²) in [6, 6.07) is 15.3. The third-order valence-corrected chi connectivity index (χ3v) is 3.05. The maximum Gasteiger partial charge on any atom is 1.00 e. The van der Waals surface area contributed by atoms with Gasteiger partial charge in [0.1, 0.15) is 11.5 Å². The van der Waals surface area contributed by atoms with E-state index in [-0.39, 0.29) is 31.0 Å². The van der Waals surface area contributed by atoms with Gasteiger partial charge in [-0.3, -0.25) is 0 Å². The average molecular weight is 415 g/mol. The van der Waals surface area contributed by atoms with E-state index in [0.717, 1.165) is 22.9 Å². The number of benzene rings is 2. The van der Waals surface area contributed by atoms with Crippen molar-refractivity contribution in [2.75, 3.05) is 23.8 Å². The smallest absolute Gasteiger partial charge is 1.00 e. The zero-order valence-electron chi connectivity index (χ0n) is 18.7. The first kappa shape index (κ1) is 26.7. The van der Waals surface area contributed by atoms with Crippen LogP contribution in [0.15, 0.2) is 48.5 Å². The molecule has 2 rings (SSSR count). The van der Waals surface area contributed by atoms with E-state index in [1.165, 1.54) is 0 Å². The molecule has 3 N–H and O–H groups in total. The van der Waals surface area contributed by atoms with Crippen LogP contribution >= 0.6 is 12.2 Å². The Balaban J connectivity index is 0. The molecule has 0 aliphatic rings. The van der Waals surface area contributed by atoms with Crippen LogP contribution in [-0.4, -0.2) is 29.0 Å². The van der Waals surface area contributed by atoms with Crippen LogP contribution in [0.1, 0.15) is 36.0 Å². The summed E-state index contributed by atoms with van der Waals surface area (Å²) in [7, 11) is 0. The van der Waals surface area contributed by atoms with Crippen LogP contribution in [-0.2, 0) is 0 Å². The summed E-state index contributed by atoms with van der Waals surface area (Å²) in [5.41, 5.74) is 1.32. The van der Waals surface area contributed by atoms with Gasteiger partial charge in [-0.05, 0) is 95.4 Å². The van der Waals surface area contributed by atoms with Crippen molar-refractivity contribution in [2.24, 2.45) is 0 Å². The monoisotopic (exact) mass is 414 g/mol. The quantitative estimate of drug-likeness (QED) is 0.498. The Kier molecular flexibility index (Phi) is 13.2. The molecule has 0 atom stereocenters. The molecule has 2 aromatic rings. The van der Waals surface area contributed by atoms with E-state index in [1.54, 1.807) is 20.8 Å². The predicted octanol–water partition coefficient (Wildman–Crippen LogP) is 2.19. The summed E-state index contributed by atoms with van der Waals surface area (Å²) in [4.78, 5) is 0. The van der Waals surface area contributed by atoms with E-state index >= 15 is 0 Å². The Morgan fingerprint density at radius 2 is 1.14 bits per heavy atom. The zero-order valence-corrected chi connectivity index (χ0v) is 20.5. The Bertz CT molecular complexity index is 633. The normalized spacial score (nSPS) is 9.93. The fourth-order valence-corrected chi connectivity index (χ4v) is 2.13. The van der Waals surface area contributed by atoms with Gasteiger partial charge in [0.05, 0.1) is 18.8 Å². The molecular weight excluding hydrogens is 383 g/mol. The molecule has 0 radical (unpaired) electrons. The number of hydrogen-bond donors (Lipinski definition) is 3. The second-order valence-corrected chi connectivity index (χ2v) is 7.07. The predicted molar refractivity (Wildman–Crippen MR) is 118 cm³/mol. The van der Waals surface area contributed by atoms with Crippen molar-refractivity contribution >= 4 is 28.7 Å². The Morgan fingerprint density at radius 3 is 1.39 bits per heavy atom. The Hall–Kier alpha value is -1.31. The first-order valence-electron chi connectivity index (χ1n) is 8.97. The maximum absolute atomic E-state index is 8.52. The maximum atomic E-state index is 8.52. The molecule has 2 aromatic carbocycles. The second-order valence-electron chi connectivity index (χ2n) is 6.66. The molecule has 0 heterocycles. The van der Waals surface area contributed by atoms with Crippen molar-refractivity contribution in [2.45, 2.75) is 40.2 Å². The molecule has 28 heavy (non-hydrogen) atoms. The van der Waals surface area contributed by atoms with Gasteiger partial charge >= 0.3 is 29.6 Å². The molecule has 150 valence electrons. The topological polar surface area (TPSA) is 62.8 Å². The summed E-state index contributed by atoms with van der Waals surface area (Å²) in [5.74, 6) is 1.69. The molecule has 0 aromatic heterocycles. The molecule has 0 unspecified atom stereocenters. The SMILES string of the molecule is CC(C)(C)O.CCOc1ccc(NC(=S)Nc2ccc(OCC)cc2)cc1.[H-].[Na+]. The molecule has 5 nitrogen and oxygen atoms in total. The number of ether oxygens (including phenoxy) is 2. The van der Waals surface area contributed by atoms with Crippen molar-refractivity contribution in [3.8, 4) is 11.5 Å². The van der Waals surface area contributed by atoms with E-state index in [2.05, 4.69) is 10.6 Å². The van der Waals surface area contributed by atoms with Gasteiger partial charge in [-0.25, -0.2) is 0 Å². The number of thiocarbonyl (C=S) groups is 1. The molecule has 0 saturated heterocycles. The van der Waals surface area contributed by atoms with Crippen LogP contribution in [0, 0.1) is 0 Å². The van der Waals surface area contributed by atoms with Gasteiger partial charge in [-0.15, -0.1) is 0 Å². The second kappa shape index (κ2) is 13.8. The summed E-state index contributed by atoms with van der Waals surface area (Å²) in [6.07, 6.45) is 0. The summed E-state index contributed by atoms with van der Waals surface area (Å²) in [6.45, 7) is 10.5. The first-order chi connectivity index (χ1) is 12.7. The molecule has 0 amide bonds. The summed E-state index contributed by atoms with van der Waals surface area (Å²) < 4.78 is 10.8. The standard InChI is InChI=1S/C17H20N2O2S.C4H10O.Na.H/c1-3-20-15-9-5-13(6-10-15)18-17(22)19-14-7-11-16(12-8-14)21-4-2;1-4(2,3)5;;/h5-12H,3-4H2,1-2H3,(H2,18,19,22);5H,1-3H3;;/q;;+1;-1. The van der Waals surface area contributed by atoms with Gasteiger partial charge in [0.2, 0.25) is 0 Å². The number of aliphatic hydroxyl groups is 1. The first-order valence-corrected chi connectivity index (χ1v) is 9.38. The number of nitrogens with one attached hydrogen (secondary N) is 2. The largest absolute Gasteiger partial charge is 1.00 e. The third-order valence-electron chi connectivity index (χ3n) is 2.85. The average Bonchev–Trinajstić information content (AvgIpc) is 2.57. The number of hydrogen-bond acceptors (Lipinski definition) is 4.